The van der Waals surface area contributed by atoms with Crippen LogP contribution in [0.3, 0.4) is 0 Å². The summed E-state index contributed by atoms with van der Waals surface area (Å²) < 4.78 is 1.76. The summed E-state index contributed by atoms with van der Waals surface area (Å²) in [6.07, 6.45) is 2.71. The maximum atomic E-state index is 13.2. The average molecular weight is 366 g/mol. The minimum absolute atomic E-state index is 0.00502. The molecular formula is C20H22N4O3. The van der Waals surface area contributed by atoms with Gasteiger partial charge in [-0.3, -0.25) is 19.0 Å². The first kappa shape index (κ1) is 16.5. The topological polar surface area (TPSA) is 75.5 Å². The van der Waals surface area contributed by atoms with E-state index in [2.05, 4.69) is 0 Å². The number of nitrogens with zero attached hydrogens (tertiary/aromatic N) is 4. The Kier molecular flexibility index (Phi) is 3.60. The van der Waals surface area contributed by atoms with E-state index in [1.165, 1.54) is 0 Å². The van der Waals surface area contributed by atoms with Gasteiger partial charge in [-0.15, -0.1) is 0 Å². The molecule has 2 saturated heterocycles. The molecule has 2 fully saturated rings. The van der Waals surface area contributed by atoms with Crippen molar-refractivity contribution in [3.05, 3.63) is 40.4 Å². The van der Waals surface area contributed by atoms with Crippen LogP contribution in [-0.2, 0) is 22.6 Å². The Labute approximate surface area is 156 Å². The van der Waals surface area contributed by atoms with E-state index in [4.69, 9.17) is 4.98 Å². The van der Waals surface area contributed by atoms with E-state index >= 15 is 0 Å². The Hall–Kier alpha value is -2.70. The van der Waals surface area contributed by atoms with Gasteiger partial charge in [0, 0.05) is 39.0 Å². The highest BCUT2D eigenvalue weighted by atomic mass is 16.2. The zero-order chi connectivity index (χ0) is 18.7. The summed E-state index contributed by atoms with van der Waals surface area (Å²) in [5.74, 6) is 0.590. The molecule has 0 radical (unpaired) electrons. The minimum Gasteiger partial charge on any atom is -0.345 e. The molecule has 0 N–H and O–H groups in total. The Bertz CT molecular complexity index is 1010. The molecule has 2 amide bonds. The molecule has 0 saturated carbocycles. The van der Waals surface area contributed by atoms with Crippen molar-refractivity contribution in [3.8, 4) is 0 Å². The lowest BCUT2D eigenvalue weighted by atomic mass is 10.1. The van der Waals surface area contributed by atoms with Gasteiger partial charge >= 0.3 is 0 Å². The first-order valence-corrected chi connectivity index (χ1v) is 9.57. The molecule has 140 valence electrons. The van der Waals surface area contributed by atoms with Crippen molar-refractivity contribution >= 4 is 22.7 Å². The zero-order valence-electron chi connectivity index (χ0n) is 15.3. The molecule has 2 bridgehead atoms. The summed E-state index contributed by atoms with van der Waals surface area (Å²) >= 11 is 0. The van der Waals surface area contributed by atoms with E-state index in [1.807, 2.05) is 29.2 Å². The van der Waals surface area contributed by atoms with Gasteiger partial charge in [0.25, 0.3) is 5.56 Å². The highest BCUT2D eigenvalue weighted by molar-refractivity contribution is 5.89. The summed E-state index contributed by atoms with van der Waals surface area (Å²) in [6.45, 7) is 0.980. The van der Waals surface area contributed by atoms with E-state index < -0.39 is 0 Å². The number of rotatable bonds is 1. The van der Waals surface area contributed by atoms with E-state index in [-0.39, 0.29) is 35.4 Å². The van der Waals surface area contributed by atoms with Crippen molar-refractivity contribution in [2.45, 2.75) is 44.3 Å². The van der Waals surface area contributed by atoms with Crippen molar-refractivity contribution in [3.63, 3.8) is 0 Å². The number of carbonyl (C=O) groups excluding carboxylic acids is 2. The van der Waals surface area contributed by atoms with Crippen molar-refractivity contribution in [2.24, 2.45) is 5.92 Å². The first-order chi connectivity index (χ1) is 13.0. The van der Waals surface area contributed by atoms with Crippen LogP contribution >= 0.6 is 0 Å². The highest BCUT2D eigenvalue weighted by Crippen LogP contribution is 2.33. The van der Waals surface area contributed by atoms with Gasteiger partial charge in [0.2, 0.25) is 11.8 Å². The zero-order valence-corrected chi connectivity index (χ0v) is 15.3. The SMILES string of the molecule is CN1CC(C(=O)N2C3CCC2Cn2c(nc4ccccc4c2=O)C3)CC1=O. The van der Waals surface area contributed by atoms with Crippen molar-refractivity contribution in [1.82, 2.24) is 19.4 Å². The van der Waals surface area contributed by atoms with Crippen LogP contribution < -0.4 is 5.56 Å². The maximum Gasteiger partial charge on any atom is 0.261 e. The average Bonchev–Trinajstić information content (AvgIpc) is 3.14. The summed E-state index contributed by atoms with van der Waals surface area (Å²) in [7, 11) is 1.75. The first-order valence-electron chi connectivity index (χ1n) is 9.57. The van der Waals surface area contributed by atoms with Gasteiger partial charge in [-0.1, -0.05) is 12.1 Å². The molecule has 0 spiro atoms. The Morgan fingerprint density at radius 2 is 1.85 bits per heavy atom. The lowest BCUT2D eigenvalue weighted by Crippen LogP contribution is -2.46. The second-order valence-corrected chi connectivity index (χ2v) is 7.97. The van der Waals surface area contributed by atoms with Crippen LogP contribution in [0.25, 0.3) is 10.9 Å². The van der Waals surface area contributed by atoms with Crippen LogP contribution in [0.5, 0.6) is 0 Å². The Balaban J connectivity index is 1.51. The fourth-order valence-electron chi connectivity index (χ4n) is 4.92. The number of hydrogen-bond acceptors (Lipinski definition) is 4. The third-order valence-electron chi connectivity index (χ3n) is 6.32. The van der Waals surface area contributed by atoms with Gasteiger partial charge in [-0.2, -0.15) is 0 Å². The van der Waals surface area contributed by atoms with Gasteiger partial charge in [-0.05, 0) is 25.0 Å². The van der Waals surface area contributed by atoms with Crippen LogP contribution in [0.15, 0.2) is 29.1 Å². The number of benzene rings is 1. The second-order valence-electron chi connectivity index (χ2n) is 7.97. The van der Waals surface area contributed by atoms with Gasteiger partial charge < -0.3 is 9.80 Å². The fourth-order valence-corrected chi connectivity index (χ4v) is 4.92. The predicted octanol–water partition coefficient (Wildman–Crippen LogP) is 0.790. The van der Waals surface area contributed by atoms with Crippen molar-refractivity contribution in [1.29, 1.82) is 0 Å². The highest BCUT2D eigenvalue weighted by Gasteiger charge is 2.44. The normalized spacial score (nSPS) is 27.1. The van der Waals surface area contributed by atoms with E-state index in [9.17, 15) is 14.4 Å². The molecule has 0 aliphatic carbocycles. The molecule has 5 rings (SSSR count). The third-order valence-corrected chi connectivity index (χ3v) is 6.32. The predicted molar refractivity (Wildman–Crippen MR) is 99.1 cm³/mol. The molecule has 1 aromatic carbocycles. The van der Waals surface area contributed by atoms with Crippen LogP contribution in [0.2, 0.25) is 0 Å². The largest absolute Gasteiger partial charge is 0.345 e. The quantitative estimate of drug-likeness (QED) is 0.748. The van der Waals surface area contributed by atoms with Crippen LogP contribution in [0, 0.1) is 5.92 Å². The molecule has 7 nitrogen and oxygen atoms in total. The number of amides is 2. The van der Waals surface area contributed by atoms with E-state index in [0.717, 1.165) is 18.7 Å². The number of carbonyl (C=O) groups is 2. The van der Waals surface area contributed by atoms with Gasteiger partial charge in [0.05, 0.1) is 22.9 Å². The summed E-state index contributed by atoms with van der Waals surface area (Å²) in [5.41, 5.74) is 0.693. The number of fused-ring (bicyclic) bond motifs is 4. The molecule has 1 aromatic heterocycles. The lowest BCUT2D eigenvalue weighted by Gasteiger charge is -2.30. The summed E-state index contributed by atoms with van der Waals surface area (Å²) in [4.78, 5) is 46.4. The number of aromatic nitrogens is 2. The molecule has 4 heterocycles. The number of hydrogen-bond donors (Lipinski definition) is 0. The van der Waals surface area contributed by atoms with Crippen LogP contribution in [0.1, 0.15) is 25.1 Å². The van der Waals surface area contributed by atoms with E-state index in [0.29, 0.717) is 36.8 Å². The molecule has 2 aromatic rings. The molecule has 3 aliphatic rings. The molecule has 7 heteroatoms. The summed E-state index contributed by atoms with van der Waals surface area (Å²) in [6, 6.07) is 7.48. The Morgan fingerprint density at radius 1 is 1.07 bits per heavy atom. The fraction of sp³-hybridized carbons (Fsp3) is 0.500. The number of para-hydroxylation sites is 1. The monoisotopic (exact) mass is 366 g/mol. The Morgan fingerprint density at radius 3 is 2.63 bits per heavy atom. The standard InChI is InChI=1S/C20H22N4O3/c1-22-10-12(8-18(22)25)19(26)24-13-6-7-14(24)11-23-17(9-13)21-16-5-3-2-4-15(16)20(23)27/h2-5,12-14H,6-11H2,1H3. The van der Waals surface area contributed by atoms with E-state index in [1.54, 1.807) is 16.5 Å². The van der Waals surface area contributed by atoms with Crippen molar-refractivity contribution in [2.75, 3.05) is 13.6 Å². The maximum absolute atomic E-state index is 13.2. The molecule has 27 heavy (non-hydrogen) atoms. The summed E-state index contributed by atoms with van der Waals surface area (Å²) in [5, 5.41) is 0.625. The smallest absolute Gasteiger partial charge is 0.261 e. The molecule has 3 unspecified atom stereocenters. The van der Waals surface area contributed by atoms with Gasteiger partial charge in [0.15, 0.2) is 0 Å². The van der Waals surface area contributed by atoms with Gasteiger partial charge in [0.1, 0.15) is 5.82 Å². The lowest BCUT2D eigenvalue weighted by molar-refractivity contribution is -0.138. The molecular weight excluding hydrogens is 344 g/mol. The van der Waals surface area contributed by atoms with Crippen molar-refractivity contribution < 1.29 is 9.59 Å². The van der Waals surface area contributed by atoms with Crippen LogP contribution in [-0.4, -0.2) is 56.8 Å². The van der Waals surface area contributed by atoms with Gasteiger partial charge in [-0.25, -0.2) is 4.98 Å². The molecule has 3 aliphatic heterocycles. The second kappa shape index (κ2) is 5.90. The van der Waals surface area contributed by atoms with Crippen LogP contribution in [0.4, 0.5) is 0 Å². The number of likely N-dealkylation sites (tertiary alicyclic amines) is 1. The third kappa shape index (κ3) is 2.48. The molecule has 3 atom stereocenters. The minimum atomic E-state index is -0.268.